The van der Waals surface area contributed by atoms with Gasteiger partial charge in [-0.1, -0.05) is 36.4 Å². The lowest BCUT2D eigenvalue weighted by atomic mass is 9.85. The van der Waals surface area contributed by atoms with Crippen LogP contribution in [-0.4, -0.2) is 57.7 Å². The number of rotatable bonds is 5. The second-order valence-electron chi connectivity index (χ2n) is 10.4. The fourth-order valence-corrected chi connectivity index (χ4v) is 6.37. The molecule has 11 nitrogen and oxygen atoms in total. The lowest BCUT2D eigenvalue weighted by Gasteiger charge is -2.38. The molecule has 2 aliphatic rings. The van der Waals surface area contributed by atoms with Crippen LogP contribution < -0.4 is 5.73 Å². The summed E-state index contributed by atoms with van der Waals surface area (Å²) in [6.45, 7) is 0. The zero-order valence-electron chi connectivity index (χ0n) is 21.6. The summed E-state index contributed by atoms with van der Waals surface area (Å²) in [5.74, 6) is 0.635. The number of amides is 1. The van der Waals surface area contributed by atoms with Crippen LogP contribution in [-0.2, 0) is 6.42 Å². The number of nitrogens with one attached hydrogen (secondary N) is 1. The average molecular weight is 531 g/mol. The van der Waals surface area contributed by atoms with Crippen molar-refractivity contribution >= 4 is 17.4 Å². The third-order valence-electron chi connectivity index (χ3n) is 8.19. The fraction of sp³-hybridized carbons (Fsp3) is 0.276. The highest BCUT2D eigenvalue weighted by Crippen LogP contribution is 2.45. The fourth-order valence-electron chi connectivity index (χ4n) is 6.37. The lowest BCUT2D eigenvalue weighted by molar-refractivity contribution is 0.0557. The van der Waals surface area contributed by atoms with E-state index in [0.29, 0.717) is 17.0 Å². The van der Waals surface area contributed by atoms with Gasteiger partial charge in [-0.05, 0) is 31.7 Å². The molecule has 1 amide bonds. The van der Waals surface area contributed by atoms with Crippen LogP contribution in [0.15, 0.2) is 61.2 Å². The lowest BCUT2D eigenvalue weighted by Crippen LogP contribution is -2.46. The van der Waals surface area contributed by atoms with Crippen LogP contribution >= 0.6 is 0 Å². The number of aromatic nitrogens is 7. The number of carbonyl (C=O) groups is 1. The third-order valence-corrected chi connectivity index (χ3v) is 8.19. The van der Waals surface area contributed by atoms with Crippen LogP contribution in [0.5, 0.6) is 0 Å². The summed E-state index contributed by atoms with van der Waals surface area (Å²) in [5.41, 5.74) is 12.4. The molecule has 6 heterocycles. The topological polar surface area (TPSA) is 155 Å². The van der Waals surface area contributed by atoms with Gasteiger partial charge in [0.1, 0.15) is 12.1 Å². The Morgan fingerprint density at radius 1 is 1.07 bits per heavy atom. The quantitative estimate of drug-likeness (QED) is 0.348. The molecule has 198 valence electrons. The van der Waals surface area contributed by atoms with Crippen molar-refractivity contribution in [2.45, 2.75) is 50.1 Å². The molecular formula is C29H26N10O. The van der Waals surface area contributed by atoms with Gasteiger partial charge in [0.2, 0.25) is 5.82 Å². The smallest absolute Gasteiger partial charge is 0.292 e. The highest BCUT2D eigenvalue weighted by atomic mass is 16.2. The number of pyridine rings is 1. The summed E-state index contributed by atoms with van der Waals surface area (Å²) >= 11 is 0. The third kappa shape index (κ3) is 3.88. The highest BCUT2D eigenvalue weighted by molar-refractivity contribution is 5.91. The van der Waals surface area contributed by atoms with Crippen LogP contribution in [0.25, 0.3) is 28.0 Å². The van der Waals surface area contributed by atoms with Gasteiger partial charge >= 0.3 is 0 Å². The van der Waals surface area contributed by atoms with Crippen LogP contribution in [0.2, 0.25) is 0 Å². The van der Waals surface area contributed by atoms with E-state index in [9.17, 15) is 10.1 Å². The molecule has 40 heavy (non-hydrogen) atoms. The Kier molecular flexibility index (Phi) is 5.73. The molecule has 0 aliphatic carbocycles. The van der Waals surface area contributed by atoms with Gasteiger partial charge in [-0.2, -0.15) is 14.9 Å². The molecule has 2 unspecified atom stereocenters. The van der Waals surface area contributed by atoms with Crippen molar-refractivity contribution in [2.75, 3.05) is 5.73 Å². The predicted octanol–water partition coefficient (Wildman–Crippen LogP) is 3.78. The van der Waals surface area contributed by atoms with Crippen molar-refractivity contribution in [3.63, 3.8) is 0 Å². The van der Waals surface area contributed by atoms with E-state index in [-0.39, 0.29) is 36.2 Å². The van der Waals surface area contributed by atoms with E-state index in [1.54, 1.807) is 10.7 Å². The molecule has 4 aromatic heterocycles. The summed E-state index contributed by atoms with van der Waals surface area (Å²) in [5, 5.41) is 21.9. The first-order valence-electron chi connectivity index (χ1n) is 13.4. The van der Waals surface area contributed by atoms with Crippen LogP contribution in [0, 0.1) is 11.3 Å². The molecule has 5 aromatic rings. The molecule has 0 spiro atoms. The average Bonchev–Trinajstić information content (AvgIpc) is 3.73. The normalized spacial score (nSPS) is 20.1. The van der Waals surface area contributed by atoms with Gasteiger partial charge in [-0.25, -0.2) is 4.98 Å². The second kappa shape index (κ2) is 9.57. The number of piperidine rings is 1. The minimum Gasteiger partial charge on any atom is -0.383 e. The van der Waals surface area contributed by atoms with E-state index in [1.165, 1.54) is 6.33 Å². The summed E-state index contributed by atoms with van der Waals surface area (Å²) in [7, 11) is 0. The molecule has 2 aliphatic heterocycles. The number of nitrogens with two attached hydrogens (primary N) is 1. The summed E-state index contributed by atoms with van der Waals surface area (Å²) < 4.78 is 1.62. The Labute approximate surface area is 229 Å². The van der Waals surface area contributed by atoms with Crippen LogP contribution in [0.3, 0.4) is 0 Å². The van der Waals surface area contributed by atoms with E-state index in [0.717, 1.165) is 53.8 Å². The second-order valence-corrected chi connectivity index (χ2v) is 10.4. The number of hydrogen-bond acceptors (Lipinski definition) is 8. The van der Waals surface area contributed by atoms with Gasteiger partial charge < -0.3 is 15.6 Å². The zero-order valence-corrected chi connectivity index (χ0v) is 21.6. The molecule has 11 heteroatoms. The van der Waals surface area contributed by atoms with Crippen LogP contribution in [0.1, 0.15) is 53.5 Å². The number of carbonyl (C=O) groups excluding carboxylic acids is 1. The Bertz CT molecular complexity index is 1720. The number of nitrogen functional groups attached to an aromatic ring is 1. The maximum absolute atomic E-state index is 13.1. The standard InChI is InChI=1S/C29H26N10O/c30-11-10-22-25(19-12-20-7-8-21(13-19)38(20)29(40)27-33-16-34-37-27)36-28-23(15-35-39(28)26(22)31)18-6-9-24(32-14-18)17-4-2-1-3-5-17/h1-6,9,14-16,19-21H,7-8,10,12-13,31H2,(H,33,34,37)/t19?,20-,21?/m1/s1. The van der Waals surface area contributed by atoms with E-state index in [2.05, 4.69) is 31.3 Å². The van der Waals surface area contributed by atoms with Crippen molar-refractivity contribution in [2.24, 2.45) is 0 Å². The summed E-state index contributed by atoms with van der Waals surface area (Å²) in [4.78, 5) is 27.7. The van der Waals surface area contributed by atoms with Crippen molar-refractivity contribution in [3.05, 3.63) is 78.3 Å². The Hall–Kier alpha value is -5.11. The van der Waals surface area contributed by atoms with Gasteiger partial charge in [0, 0.05) is 46.5 Å². The number of nitrogens with zero attached hydrogens (tertiary/aromatic N) is 8. The number of benzene rings is 1. The molecule has 2 fully saturated rings. The van der Waals surface area contributed by atoms with Gasteiger partial charge in [0.05, 0.1) is 30.1 Å². The van der Waals surface area contributed by atoms with E-state index < -0.39 is 0 Å². The van der Waals surface area contributed by atoms with Crippen LogP contribution in [0.4, 0.5) is 5.82 Å². The monoisotopic (exact) mass is 530 g/mol. The number of hydrogen-bond donors (Lipinski definition) is 2. The Morgan fingerprint density at radius 2 is 1.88 bits per heavy atom. The maximum Gasteiger partial charge on any atom is 0.292 e. The van der Waals surface area contributed by atoms with Crippen molar-refractivity contribution in [1.29, 1.82) is 5.26 Å². The van der Waals surface area contributed by atoms with Gasteiger partial charge in [-0.3, -0.25) is 9.78 Å². The molecule has 2 saturated heterocycles. The number of fused-ring (bicyclic) bond motifs is 3. The number of anilines is 1. The molecule has 3 atom stereocenters. The molecule has 0 saturated carbocycles. The zero-order chi connectivity index (χ0) is 27.2. The summed E-state index contributed by atoms with van der Waals surface area (Å²) in [6.07, 6.45) is 8.47. The molecule has 3 N–H and O–H groups in total. The largest absolute Gasteiger partial charge is 0.383 e. The first kappa shape index (κ1) is 24.0. The van der Waals surface area contributed by atoms with Gasteiger partial charge in [0.25, 0.3) is 5.91 Å². The van der Waals surface area contributed by atoms with E-state index >= 15 is 0 Å². The Balaban J connectivity index is 1.25. The molecule has 0 radical (unpaired) electrons. The molecular weight excluding hydrogens is 504 g/mol. The minimum absolute atomic E-state index is 0.0632. The molecule has 2 bridgehead atoms. The first-order chi connectivity index (χ1) is 19.6. The number of aromatic amines is 1. The summed E-state index contributed by atoms with van der Waals surface area (Å²) in [6, 6.07) is 16.4. The molecule has 1 aromatic carbocycles. The minimum atomic E-state index is -0.117. The maximum atomic E-state index is 13.1. The van der Waals surface area contributed by atoms with Crippen molar-refractivity contribution in [3.8, 4) is 28.5 Å². The first-order valence-corrected chi connectivity index (χ1v) is 13.4. The predicted molar refractivity (Wildman–Crippen MR) is 147 cm³/mol. The number of H-pyrrole nitrogens is 1. The van der Waals surface area contributed by atoms with Gasteiger partial charge in [-0.15, -0.1) is 10.2 Å². The Morgan fingerprint density at radius 3 is 2.55 bits per heavy atom. The van der Waals surface area contributed by atoms with Gasteiger partial charge in [0.15, 0.2) is 5.65 Å². The number of nitriles is 1. The highest BCUT2D eigenvalue weighted by Gasteiger charge is 2.45. The van der Waals surface area contributed by atoms with E-state index in [4.69, 9.17) is 10.7 Å². The van der Waals surface area contributed by atoms with E-state index in [1.807, 2.05) is 53.6 Å². The van der Waals surface area contributed by atoms with Crippen molar-refractivity contribution in [1.82, 2.24) is 39.7 Å². The van der Waals surface area contributed by atoms with Crippen molar-refractivity contribution < 1.29 is 4.79 Å². The molecule has 7 rings (SSSR count). The SMILES string of the molecule is N#CCc1c(C2CC3CC[C@H](C2)N3C(=O)c2nnc[nH]2)nc2c(-c3ccc(-c4ccccc4)nc3)cnn2c1N.